The van der Waals surface area contributed by atoms with E-state index in [1.807, 2.05) is 31.2 Å². The van der Waals surface area contributed by atoms with E-state index >= 15 is 0 Å². The van der Waals surface area contributed by atoms with E-state index in [-0.39, 0.29) is 16.8 Å². The number of hydrogen-bond acceptors (Lipinski definition) is 8. The Bertz CT molecular complexity index is 1200. The van der Waals surface area contributed by atoms with Gasteiger partial charge in [0.1, 0.15) is 11.4 Å². The van der Waals surface area contributed by atoms with Crippen LogP contribution in [0.15, 0.2) is 35.3 Å². The minimum atomic E-state index is -0.115. The summed E-state index contributed by atoms with van der Waals surface area (Å²) in [5.41, 5.74) is 2.09. The highest BCUT2D eigenvalue weighted by atomic mass is 32.1. The third kappa shape index (κ3) is 3.36. The van der Waals surface area contributed by atoms with E-state index in [2.05, 4.69) is 24.6 Å². The summed E-state index contributed by atoms with van der Waals surface area (Å²) in [7, 11) is 1.71. The molecule has 0 bridgehead atoms. The fourth-order valence-electron chi connectivity index (χ4n) is 4.30. The maximum Gasteiger partial charge on any atom is 0.326 e. The predicted octanol–water partition coefficient (Wildman–Crippen LogP) is 2.36. The van der Waals surface area contributed by atoms with E-state index in [0.29, 0.717) is 36.2 Å². The summed E-state index contributed by atoms with van der Waals surface area (Å²) in [6, 6.07) is 7.84. The summed E-state index contributed by atoms with van der Waals surface area (Å²) in [4.78, 5) is 38.4. The first kappa shape index (κ1) is 19.7. The minimum Gasteiger partial charge on any atom is -0.354 e. The van der Waals surface area contributed by atoms with Crippen molar-refractivity contribution in [1.82, 2.24) is 18.9 Å². The zero-order chi connectivity index (χ0) is 21.5. The molecule has 160 valence electrons. The molecule has 9 nitrogen and oxygen atoms in total. The van der Waals surface area contributed by atoms with Crippen LogP contribution in [0.2, 0.25) is 0 Å². The first-order valence-electron chi connectivity index (χ1n) is 10.4. The molecule has 1 amide bonds. The van der Waals surface area contributed by atoms with Gasteiger partial charge in [0.05, 0.1) is 0 Å². The fourth-order valence-corrected chi connectivity index (χ4v) is 4.90. The molecule has 0 saturated carbocycles. The molecule has 0 radical (unpaired) electrons. The van der Waals surface area contributed by atoms with Crippen LogP contribution in [-0.4, -0.2) is 50.5 Å². The summed E-state index contributed by atoms with van der Waals surface area (Å²) in [5.74, 6) is 1.73. The quantitative estimate of drug-likeness (QED) is 0.669. The summed E-state index contributed by atoms with van der Waals surface area (Å²) in [5, 5.41) is 3.14. The smallest absolute Gasteiger partial charge is 0.326 e. The Morgan fingerprint density at radius 3 is 2.94 bits per heavy atom. The number of fused-ring (bicyclic) bond motifs is 3. The van der Waals surface area contributed by atoms with Crippen LogP contribution in [-0.2, 0) is 7.05 Å². The highest BCUT2D eigenvalue weighted by Crippen LogP contribution is 2.34. The largest absolute Gasteiger partial charge is 0.354 e. The molecular formula is C21H23N7O2S. The topological polar surface area (TPSA) is 96.2 Å². The Hall–Kier alpha value is -3.27. The molecule has 1 aromatic carbocycles. The molecule has 31 heavy (non-hydrogen) atoms. The van der Waals surface area contributed by atoms with Crippen LogP contribution in [0.4, 0.5) is 17.5 Å². The Morgan fingerprint density at radius 1 is 1.29 bits per heavy atom. The number of rotatable bonds is 4. The van der Waals surface area contributed by atoms with E-state index < -0.39 is 0 Å². The van der Waals surface area contributed by atoms with Crippen molar-refractivity contribution in [2.24, 2.45) is 7.05 Å². The van der Waals surface area contributed by atoms with Crippen molar-refractivity contribution in [3.8, 4) is 11.4 Å². The molecule has 0 spiro atoms. The van der Waals surface area contributed by atoms with Gasteiger partial charge in [-0.25, -0.2) is 4.98 Å². The number of nitrogens with one attached hydrogen (secondary N) is 1. The van der Waals surface area contributed by atoms with Crippen LogP contribution < -0.4 is 20.0 Å². The zero-order valence-electron chi connectivity index (χ0n) is 17.4. The summed E-state index contributed by atoms with van der Waals surface area (Å²) in [6.45, 7) is 4.16. The molecule has 2 aromatic heterocycles. The van der Waals surface area contributed by atoms with E-state index in [0.717, 1.165) is 42.2 Å². The normalized spacial score (nSPS) is 18.0. The molecule has 2 aliphatic rings. The van der Waals surface area contributed by atoms with Gasteiger partial charge >= 0.3 is 4.87 Å². The van der Waals surface area contributed by atoms with Crippen molar-refractivity contribution >= 4 is 34.9 Å². The number of amides is 1. The lowest BCUT2D eigenvalue weighted by Crippen LogP contribution is -2.39. The number of carbonyl (C=O) groups excluding carboxylic acids is 1. The zero-order valence-corrected chi connectivity index (χ0v) is 18.2. The lowest BCUT2D eigenvalue weighted by atomic mass is 10.1. The van der Waals surface area contributed by atoms with Crippen molar-refractivity contribution in [1.29, 1.82) is 0 Å². The van der Waals surface area contributed by atoms with Crippen LogP contribution in [0.5, 0.6) is 0 Å². The lowest BCUT2D eigenvalue weighted by Gasteiger charge is -2.27. The number of aromatic nitrogens is 4. The lowest BCUT2D eigenvalue weighted by molar-refractivity contribution is 0.0988. The summed E-state index contributed by atoms with van der Waals surface area (Å²) >= 11 is 0.927. The second kappa shape index (κ2) is 7.77. The monoisotopic (exact) mass is 437 g/mol. The van der Waals surface area contributed by atoms with Crippen LogP contribution in [0.25, 0.3) is 11.4 Å². The number of hydrogen-bond donors (Lipinski definition) is 1. The van der Waals surface area contributed by atoms with Crippen LogP contribution in [0.3, 0.4) is 0 Å². The van der Waals surface area contributed by atoms with Gasteiger partial charge in [-0.2, -0.15) is 9.36 Å². The van der Waals surface area contributed by atoms with Crippen molar-refractivity contribution in [3.63, 3.8) is 0 Å². The Labute approximate surface area is 183 Å². The SMILES string of the molecule is CCNc1ncc2c(n1)N1CCCC1CN(c1cccc(-c3nsc(=O)n3C)c1)C2=O. The Morgan fingerprint density at radius 2 is 2.16 bits per heavy atom. The van der Waals surface area contributed by atoms with Gasteiger partial charge in [0.15, 0.2) is 5.82 Å². The van der Waals surface area contributed by atoms with Gasteiger partial charge in [0.2, 0.25) is 5.95 Å². The molecule has 5 rings (SSSR count). The molecule has 3 aromatic rings. The number of benzene rings is 1. The first-order valence-corrected chi connectivity index (χ1v) is 11.2. The van der Waals surface area contributed by atoms with E-state index in [1.54, 1.807) is 18.1 Å². The maximum absolute atomic E-state index is 13.6. The second-order valence-electron chi connectivity index (χ2n) is 7.75. The van der Waals surface area contributed by atoms with Gasteiger partial charge in [-0.1, -0.05) is 12.1 Å². The Balaban J connectivity index is 1.58. The number of anilines is 3. The number of nitrogens with zero attached hydrogens (tertiary/aromatic N) is 6. The fraction of sp³-hybridized carbons (Fsp3) is 0.381. The molecule has 1 unspecified atom stereocenters. The third-order valence-corrected chi connectivity index (χ3v) is 6.53. The molecule has 1 fully saturated rings. The molecule has 0 aliphatic carbocycles. The second-order valence-corrected chi connectivity index (χ2v) is 8.46. The van der Waals surface area contributed by atoms with Gasteiger partial charge in [-0.3, -0.25) is 14.2 Å². The molecular weight excluding hydrogens is 414 g/mol. The Kier molecular flexibility index (Phi) is 4.93. The average molecular weight is 438 g/mol. The molecule has 1 N–H and O–H groups in total. The molecule has 2 aliphatic heterocycles. The molecule has 10 heteroatoms. The highest BCUT2D eigenvalue weighted by Gasteiger charge is 2.37. The summed E-state index contributed by atoms with van der Waals surface area (Å²) < 4.78 is 5.81. The van der Waals surface area contributed by atoms with Crippen LogP contribution in [0, 0.1) is 0 Å². The standard InChI is InChI=1S/C21H23N7O2S/c1-3-22-20-23-11-16-18(24-20)27-9-5-8-15(27)12-28(19(16)29)14-7-4-6-13(10-14)17-25-31-21(30)26(17)2/h4,6-7,10-11,15H,3,5,8-9,12H2,1-2H3,(H,22,23,24). The minimum absolute atomic E-state index is 0.114. The van der Waals surface area contributed by atoms with Gasteiger partial charge in [-0.15, -0.1) is 0 Å². The van der Waals surface area contributed by atoms with Gasteiger partial charge < -0.3 is 15.1 Å². The maximum atomic E-state index is 13.6. The van der Waals surface area contributed by atoms with Gasteiger partial charge in [0, 0.05) is 61.7 Å². The van der Waals surface area contributed by atoms with E-state index in [9.17, 15) is 9.59 Å². The molecule has 4 heterocycles. The van der Waals surface area contributed by atoms with Crippen LogP contribution >= 0.6 is 11.5 Å². The van der Waals surface area contributed by atoms with Crippen molar-refractivity contribution in [3.05, 3.63) is 45.7 Å². The third-order valence-electron chi connectivity index (χ3n) is 5.84. The van der Waals surface area contributed by atoms with Gasteiger partial charge in [-0.05, 0) is 31.9 Å². The average Bonchev–Trinajstić information content (AvgIpc) is 3.35. The first-order chi connectivity index (χ1) is 15.1. The summed E-state index contributed by atoms with van der Waals surface area (Å²) in [6.07, 6.45) is 3.70. The van der Waals surface area contributed by atoms with E-state index in [1.165, 1.54) is 4.57 Å². The molecule has 1 atom stereocenters. The van der Waals surface area contributed by atoms with Crippen molar-refractivity contribution in [2.75, 3.05) is 34.8 Å². The number of carbonyl (C=O) groups is 1. The van der Waals surface area contributed by atoms with Crippen LogP contribution in [0.1, 0.15) is 30.1 Å². The van der Waals surface area contributed by atoms with Gasteiger partial charge in [0.25, 0.3) is 5.91 Å². The van der Waals surface area contributed by atoms with Crippen molar-refractivity contribution in [2.45, 2.75) is 25.8 Å². The van der Waals surface area contributed by atoms with Crippen molar-refractivity contribution < 1.29 is 4.79 Å². The highest BCUT2D eigenvalue weighted by molar-refractivity contribution is 7.03. The molecule has 1 saturated heterocycles. The van der Waals surface area contributed by atoms with E-state index in [4.69, 9.17) is 0 Å². The predicted molar refractivity (Wildman–Crippen MR) is 121 cm³/mol.